The van der Waals surface area contributed by atoms with Crippen molar-refractivity contribution in [3.63, 3.8) is 0 Å². The molecule has 0 bridgehead atoms. The molecule has 2 heteroatoms. The third kappa shape index (κ3) is 2.64. The van der Waals surface area contributed by atoms with Crippen LogP contribution in [0.3, 0.4) is 0 Å². The summed E-state index contributed by atoms with van der Waals surface area (Å²) in [6.07, 6.45) is 1.64. The van der Waals surface area contributed by atoms with Crippen LogP contribution in [0.2, 0.25) is 0 Å². The Morgan fingerprint density at radius 3 is 2.46 bits per heavy atom. The molecule has 0 atom stereocenters. The van der Waals surface area contributed by atoms with E-state index in [0.717, 1.165) is 0 Å². The van der Waals surface area contributed by atoms with Crippen LogP contribution >= 0.6 is 0 Å². The van der Waals surface area contributed by atoms with Crippen molar-refractivity contribution in [1.82, 2.24) is 0 Å². The summed E-state index contributed by atoms with van der Waals surface area (Å²) in [5.41, 5.74) is 1.17. The molecule has 1 aromatic rings. The summed E-state index contributed by atoms with van der Waals surface area (Å²) in [6, 6.07) is 9.53. The average Bonchev–Trinajstić information content (AvgIpc) is 2.17. The maximum absolute atomic E-state index is 8.60. The molecule has 2 nitrogen and oxygen atoms in total. The molecule has 1 aromatic carbocycles. The van der Waals surface area contributed by atoms with E-state index in [4.69, 9.17) is 10.00 Å². The van der Waals surface area contributed by atoms with E-state index in [-0.39, 0.29) is 0 Å². The molecule has 66 valence electrons. The molecule has 0 spiro atoms. The van der Waals surface area contributed by atoms with E-state index in [1.54, 1.807) is 13.0 Å². The van der Waals surface area contributed by atoms with Gasteiger partial charge in [0.25, 0.3) is 0 Å². The molecule has 0 aliphatic heterocycles. The van der Waals surface area contributed by atoms with Crippen molar-refractivity contribution in [2.24, 2.45) is 0 Å². The molecule has 0 unspecified atom stereocenters. The molecule has 13 heavy (non-hydrogen) atoms. The predicted molar refractivity (Wildman–Crippen MR) is 51.2 cm³/mol. The molecule has 0 aliphatic rings. The average molecular weight is 173 g/mol. The fourth-order valence-electron chi connectivity index (χ4n) is 0.880. The molecule has 0 aliphatic carbocycles. The molecule has 0 heterocycles. The Morgan fingerprint density at radius 1 is 1.38 bits per heavy atom. The minimum absolute atomic E-state index is 0.323. The fourth-order valence-corrected chi connectivity index (χ4v) is 0.880. The highest BCUT2D eigenvalue weighted by Gasteiger charge is 1.96. The third-order valence-electron chi connectivity index (χ3n) is 1.62. The number of ether oxygens (including phenoxy) is 1. The van der Waals surface area contributed by atoms with Gasteiger partial charge in [0.15, 0.2) is 5.76 Å². The summed E-state index contributed by atoms with van der Waals surface area (Å²) < 4.78 is 5.27. The standard InChI is InChI=1S/C11H11NO/c1-3-10(8-12)13-11-6-4-9(2)5-7-11/h3-7H,1-2H3. The summed E-state index contributed by atoms with van der Waals surface area (Å²) in [7, 11) is 0. The smallest absolute Gasteiger partial charge is 0.199 e. The van der Waals surface area contributed by atoms with Crippen LogP contribution in [0.1, 0.15) is 12.5 Å². The first kappa shape index (κ1) is 9.34. The third-order valence-corrected chi connectivity index (χ3v) is 1.62. The number of hydrogen-bond donors (Lipinski definition) is 0. The second-order valence-electron chi connectivity index (χ2n) is 2.68. The van der Waals surface area contributed by atoms with Gasteiger partial charge in [0.2, 0.25) is 0 Å². The Labute approximate surface area is 78.1 Å². The van der Waals surface area contributed by atoms with Gasteiger partial charge in [0.05, 0.1) is 0 Å². The van der Waals surface area contributed by atoms with Crippen molar-refractivity contribution in [3.8, 4) is 11.8 Å². The lowest BCUT2D eigenvalue weighted by Crippen LogP contribution is -1.91. The Hall–Kier alpha value is -1.75. The van der Waals surface area contributed by atoms with E-state index in [0.29, 0.717) is 11.5 Å². The number of nitrogens with zero attached hydrogens (tertiary/aromatic N) is 1. The largest absolute Gasteiger partial charge is 0.447 e. The lowest BCUT2D eigenvalue weighted by molar-refractivity contribution is 0.447. The monoisotopic (exact) mass is 173 g/mol. The van der Waals surface area contributed by atoms with Gasteiger partial charge in [-0.25, -0.2) is 0 Å². The molecule has 0 aromatic heterocycles. The van der Waals surface area contributed by atoms with Crippen LogP contribution in [0, 0.1) is 18.3 Å². The van der Waals surface area contributed by atoms with Crippen LogP contribution in [-0.4, -0.2) is 0 Å². The van der Waals surface area contributed by atoms with Gasteiger partial charge >= 0.3 is 0 Å². The van der Waals surface area contributed by atoms with Crippen molar-refractivity contribution >= 4 is 0 Å². The number of rotatable bonds is 2. The Morgan fingerprint density at radius 2 is 2.00 bits per heavy atom. The highest BCUT2D eigenvalue weighted by molar-refractivity contribution is 5.30. The first-order chi connectivity index (χ1) is 6.26. The van der Waals surface area contributed by atoms with Gasteiger partial charge in [-0.3, -0.25) is 0 Å². The SMILES string of the molecule is CC=C(C#N)Oc1ccc(C)cc1. The normalized spacial score (nSPS) is 10.7. The molecule has 1 rings (SSSR count). The maximum atomic E-state index is 8.60. The van der Waals surface area contributed by atoms with Gasteiger partial charge in [-0.2, -0.15) is 5.26 Å². The Kier molecular flexibility index (Phi) is 3.10. The number of benzene rings is 1. The van der Waals surface area contributed by atoms with E-state index < -0.39 is 0 Å². The van der Waals surface area contributed by atoms with Crippen molar-refractivity contribution in [1.29, 1.82) is 5.26 Å². The zero-order chi connectivity index (χ0) is 9.68. The van der Waals surface area contributed by atoms with Crippen LogP contribution in [0.15, 0.2) is 36.1 Å². The second kappa shape index (κ2) is 4.32. The predicted octanol–water partition coefficient (Wildman–Crippen LogP) is 2.80. The Balaban J connectivity index is 2.76. The maximum Gasteiger partial charge on any atom is 0.199 e. The zero-order valence-corrected chi connectivity index (χ0v) is 7.74. The van der Waals surface area contributed by atoms with Crippen LogP contribution in [0.4, 0.5) is 0 Å². The van der Waals surface area contributed by atoms with Crippen molar-refractivity contribution in [2.45, 2.75) is 13.8 Å². The molecule has 0 saturated carbocycles. The lowest BCUT2D eigenvalue weighted by atomic mass is 10.2. The van der Waals surface area contributed by atoms with Gasteiger partial charge in [-0.15, -0.1) is 0 Å². The summed E-state index contributed by atoms with van der Waals surface area (Å²) >= 11 is 0. The molecular formula is C11H11NO. The van der Waals surface area contributed by atoms with Gasteiger partial charge < -0.3 is 4.74 Å². The van der Waals surface area contributed by atoms with E-state index in [9.17, 15) is 0 Å². The first-order valence-corrected chi connectivity index (χ1v) is 4.07. The first-order valence-electron chi connectivity index (χ1n) is 4.07. The van der Waals surface area contributed by atoms with Crippen LogP contribution < -0.4 is 4.74 Å². The highest BCUT2D eigenvalue weighted by atomic mass is 16.5. The number of nitriles is 1. The zero-order valence-electron chi connectivity index (χ0n) is 7.74. The molecule has 0 fully saturated rings. The fraction of sp³-hybridized carbons (Fsp3) is 0.182. The highest BCUT2D eigenvalue weighted by Crippen LogP contribution is 2.14. The summed E-state index contributed by atoms with van der Waals surface area (Å²) in [5.74, 6) is 1.02. The van der Waals surface area contributed by atoms with E-state index in [1.165, 1.54) is 5.56 Å². The molecule has 0 N–H and O–H groups in total. The molecule has 0 radical (unpaired) electrons. The minimum atomic E-state index is 0.323. The molecular weight excluding hydrogens is 162 g/mol. The van der Waals surface area contributed by atoms with Crippen LogP contribution in [-0.2, 0) is 0 Å². The lowest BCUT2D eigenvalue weighted by Gasteiger charge is -2.02. The van der Waals surface area contributed by atoms with Crippen molar-refractivity contribution < 1.29 is 4.74 Å². The number of aryl methyl sites for hydroxylation is 1. The number of allylic oxidation sites excluding steroid dienone is 2. The summed E-state index contributed by atoms with van der Waals surface area (Å²) in [4.78, 5) is 0. The van der Waals surface area contributed by atoms with E-state index in [1.807, 2.05) is 37.3 Å². The minimum Gasteiger partial charge on any atom is -0.447 e. The number of hydrogen-bond acceptors (Lipinski definition) is 2. The van der Waals surface area contributed by atoms with Gasteiger partial charge in [-0.1, -0.05) is 17.7 Å². The Bertz CT molecular complexity index is 343. The quantitative estimate of drug-likeness (QED) is 0.509. The summed E-state index contributed by atoms with van der Waals surface area (Å²) in [5, 5.41) is 8.60. The van der Waals surface area contributed by atoms with Crippen LogP contribution in [0.25, 0.3) is 0 Å². The molecule has 0 saturated heterocycles. The van der Waals surface area contributed by atoms with Gasteiger partial charge in [-0.05, 0) is 32.1 Å². The van der Waals surface area contributed by atoms with Gasteiger partial charge in [0, 0.05) is 0 Å². The van der Waals surface area contributed by atoms with Crippen molar-refractivity contribution in [2.75, 3.05) is 0 Å². The van der Waals surface area contributed by atoms with E-state index >= 15 is 0 Å². The summed E-state index contributed by atoms with van der Waals surface area (Å²) in [6.45, 7) is 3.78. The van der Waals surface area contributed by atoms with Crippen LogP contribution in [0.5, 0.6) is 5.75 Å². The van der Waals surface area contributed by atoms with E-state index in [2.05, 4.69) is 0 Å². The second-order valence-corrected chi connectivity index (χ2v) is 2.68. The van der Waals surface area contributed by atoms with Gasteiger partial charge in [0.1, 0.15) is 11.8 Å². The topological polar surface area (TPSA) is 33.0 Å². The molecule has 0 amide bonds. The van der Waals surface area contributed by atoms with Crippen molar-refractivity contribution in [3.05, 3.63) is 41.7 Å².